The minimum atomic E-state index is -0.593. The number of ether oxygens (including phenoxy) is 1. The van der Waals surface area contributed by atoms with E-state index in [0.717, 1.165) is 12.0 Å². The fraction of sp³-hybridized carbons (Fsp3) is 0.471. The lowest BCUT2D eigenvalue weighted by atomic mass is 9.97. The summed E-state index contributed by atoms with van der Waals surface area (Å²) in [4.78, 5) is 25.8. The fourth-order valence-electron chi connectivity index (χ4n) is 2.74. The van der Waals surface area contributed by atoms with Gasteiger partial charge in [-0.2, -0.15) is 5.26 Å². The number of imide groups is 1. The predicted molar refractivity (Wildman–Crippen MR) is 80.8 cm³/mol. The molecular formula is C17H20N2O3. The largest absolute Gasteiger partial charge is 0.447 e. The van der Waals surface area contributed by atoms with Crippen molar-refractivity contribution < 1.29 is 14.3 Å². The molecule has 0 bridgehead atoms. The molecular weight excluding hydrogens is 280 g/mol. The van der Waals surface area contributed by atoms with Crippen LogP contribution in [0.2, 0.25) is 0 Å². The SMILES string of the molecule is CCC[C@@H](CC#N)C(=O)N1C(=O)OC[C@H]1Cc1ccccc1. The molecule has 0 aliphatic carbocycles. The van der Waals surface area contributed by atoms with Crippen LogP contribution >= 0.6 is 0 Å². The summed E-state index contributed by atoms with van der Waals surface area (Å²) < 4.78 is 5.06. The molecule has 0 spiro atoms. The van der Waals surface area contributed by atoms with Gasteiger partial charge in [-0.05, 0) is 18.4 Å². The highest BCUT2D eigenvalue weighted by molar-refractivity contribution is 5.94. The summed E-state index contributed by atoms with van der Waals surface area (Å²) in [7, 11) is 0. The van der Waals surface area contributed by atoms with Crippen molar-refractivity contribution in [1.29, 1.82) is 5.26 Å². The summed E-state index contributed by atoms with van der Waals surface area (Å²) in [5.41, 5.74) is 1.05. The lowest BCUT2D eigenvalue weighted by molar-refractivity contribution is -0.133. The van der Waals surface area contributed by atoms with E-state index in [-0.39, 0.29) is 25.0 Å². The van der Waals surface area contributed by atoms with Crippen LogP contribution in [0.25, 0.3) is 0 Å². The van der Waals surface area contributed by atoms with E-state index >= 15 is 0 Å². The standard InChI is InChI=1S/C17H20N2O3/c1-2-6-14(9-10-18)16(20)19-15(12-22-17(19)21)11-13-7-4-3-5-8-13/h3-5,7-8,14-15H,2,6,9,11-12H2,1H3/t14-,15+/m0/s1. The molecule has 1 aromatic carbocycles. The first-order valence-electron chi connectivity index (χ1n) is 7.58. The van der Waals surface area contributed by atoms with E-state index < -0.39 is 12.0 Å². The van der Waals surface area contributed by atoms with Gasteiger partial charge in [-0.25, -0.2) is 9.69 Å². The summed E-state index contributed by atoms with van der Waals surface area (Å²) in [6.07, 6.45) is 1.52. The number of carbonyl (C=O) groups excluding carboxylic acids is 2. The Morgan fingerprint density at radius 1 is 1.45 bits per heavy atom. The number of benzene rings is 1. The molecule has 0 N–H and O–H groups in total. The van der Waals surface area contributed by atoms with Crippen molar-refractivity contribution in [2.24, 2.45) is 5.92 Å². The first-order valence-corrected chi connectivity index (χ1v) is 7.58. The average molecular weight is 300 g/mol. The fourth-order valence-corrected chi connectivity index (χ4v) is 2.74. The molecule has 5 heteroatoms. The highest BCUT2D eigenvalue weighted by atomic mass is 16.6. The maximum absolute atomic E-state index is 12.6. The van der Waals surface area contributed by atoms with Crippen LogP contribution in [0.1, 0.15) is 31.7 Å². The van der Waals surface area contributed by atoms with Gasteiger partial charge in [0.15, 0.2) is 0 Å². The maximum atomic E-state index is 12.6. The molecule has 1 aliphatic rings. The smallest absolute Gasteiger partial charge is 0.416 e. The number of amides is 2. The maximum Gasteiger partial charge on any atom is 0.416 e. The van der Waals surface area contributed by atoms with Crippen LogP contribution in [0.4, 0.5) is 4.79 Å². The van der Waals surface area contributed by atoms with Gasteiger partial charge >= 0.3 is 6.09 Å². The van der Waals surface area contributed by atoms with E-state index in [1.165, 1.54) is 4.90 Å². The summed E-state index contributed by atoms with van der Waals surface area (Å²) in [6, 6.07) is 11.4. The van der Waals surface area contributed by atoms with E-state index in [0.29, 0.717) is 12.8 Å². The molecule has 2 rings (SSSR count). The van der Waals surface area contributed by atoms with Crippen LogP contribution < -0.4 is 0 Å². The predicted octanol–water partition coefficient (Wildman–Crippen LogP) is 2.91. The number of nitriles is 1. The van der Waals surface area contributed by atoms with Crippen LogP contribution in [0.5, 0.6) is 0 Å². The molecule has 2 amide bonds. The number of cyclic esters (lactones) is 1. The third kappa shape index (κ3) is 3.64. The van der Waals surface area contributed by atoms with Gasteiger partial charge in [0.1, 0.15) is 6.61 Å². The van der Waals surface area contributed by atoms with Crippen LogP contribution in [-0.2, 0) is 16.0 Å². The Morgan fingerprint density at radius 2 is 2.18 bits per heavy atom. The second kappa shape index (κ2) is 7.60. The monoisotopic (exact) mass is 300 g/mol. The Hall–Kier alpha value is -2.35. The van der Waals surface area contributed by atoms with Gasteiger partial charge in [-0.1, -0.05) is 43.7 Å². The molecule has 1 aliphatic heterocycles. The van der Waals surface area contributed by atoms with Crippen LogP contribution in [0.15, 0.2) is 30.3 Å². The molecule has 1 saturated heterocycles. The minimum Gasteiger partial charge on any atom is -0.447 e. The topological polar surface area (TPSA) is 70.4 Å². The Morgan fingerprint density at radius 3 is 2.82 bits per heavy atom. The molecule has 1 fully saturated rings. The second-order valence-electron chi connectivity index (χ2n) is 5.48. The Balaban J connectivity index is 2.13. The first-order chi connectivity index (χ1) is 10.7. The number of rotatable bonds is 6. The number of nitrogens with zero attached hydrogens (tertiary/aromatic N) is 2. The van der Waals surface area contributed by atoms with Crippen molar-refractivity contribution >= 4 is 12.0 Å². The van der Waals surface area contributed by atoms with Gasteiger partial charge in [0.2, 0.25) is 5.91 Å². The van der Waals surface area contributed by atoms with Crippen molar-refractivity contribution in [3.8, 4) is 6.07 Å². The van der Waals surface area contributed by atoms with Crippen molar-refractivity contribution in [3.05, 3.63) is 35.9 Å². The molecule has 2 atom stereocenters. The highest BCUT2D eigenvalue weighted by Crippen LogP contribution is 2.23. The first kappa shape index (κ1) is 16.0. The molecule has 0 unspecified atom stereocenters. The molecule has 116 valence electrons. The Labute approximate surface area is 130 Å². The zero-order valence-corrected chi connectivity index (χ0v) is 12.7. The van der Waals surface area contributed by atoms with Crippen molar-refractivity contribution in [3.63, 3.8) is 0 Å². The summed E-state index contributed by atoms with van der Waals surface area (Å²) in [6.45, 7) is 2.17. The number of hydrogen-bond acceptors (Lipinski definition) is 4. The molecule has 1 aromatic rings. The zero-order valence-electron chi connectivity index (χ0n) is 12.7. The minimum absolute atomic E-state index is 0.133. The molecule has 0 saturated carbocycles. The molecule has 1 heterocycles. The highest BCUT2D eigenvalue weighted by Gasteiger charge is 2.40. The third-order valence-corrected chi connectivity index (χ3v) is 3.84. The van der Waals surface area contributed by atoms with Gasteiger partial charge in [-0.3, -0.25) is 4.79 Å². The van der Waals surface area contributed by atoms with Crippen LogP contribution in [-0.4, -0.2) is 29.5 Å². The second-order valence-corrected chi connectivity index (χ2v) is 5.48. The quantitative estimate of drug-likeness (QED) is 0.810. The average Bonchev–Trinajstić information content (AvgIpc) is 2.88. The van der Waals surface area contributed by atoms with Gasteiger partial charge < -0.3 is 4.74 Å². The van der Waals surface area contributed by atoms with E-state index in [4.69, 9.17) is 10.00 Å². The normalized spacial score (nSPS) is 18.6. The zero-order chi connectivity index (χ0) is 15.9. The summed E-state index contributed by atoms with van der Waals surface area (Å²) >= 11 is 0. The lowest BCUT2D eigenvalue weighted by Gasteiger charge is -2.23. The van der Waals surface area contributed by atoms with Gasteiger partial charge in [0.05, 0.1) is 18.0 Å². The van der Waals surface area contributed by atoms with E-state index in [1.54, 1.807) is 0 Å². The number of carbonyl (C=O) groups is 2. The lowest BCUT2D eigenvalue weighted by Crippen LogP contribution is -2.43. The van der Waals surface area contributed by atoms with Gasteiger partial charge in [0, 0.05) is 6.42 Å². The van der Waals surface area contributed by atoms with Crippen molar-refractivity contribution in [1.82, 2.24) is 4.90 Å². The van der Waals surface area contributed by atoms with E-state index in [2.05, 4.69) is 0 Å². The van der Waals surface area contributed by atoms with E-state index in [9.17, 15) is 9.59 Å². The Bertz CT molecular complexity index is 565. The summed E-state index contributed by atoms with van der Waals surface area (Å²) in [5, 5.41) is 8.89. The van der Waals surface area contributed by atoms with Crippen LogP contribution in [0.3, 0.4) is 0 Å². The summed E-state index contributed by atoms with van der Waals surface area (Å²) in [5.74, 6) is -0.717. The molecule has 22 heavy (non-hydrogen) atoms. The molecule has 0 aromatic heterocycles. The number of hydrogen-bond donors (Lipinski definition) is 0. The Kier molecular flexibility index (Phi) is 5.54. The molecule has 5 nitrogen and oxygen atoms in total. The molecule has 0 radical (unpaired) electrons. The van der Waals surface area contributed by atoms with Gasteiger partial charge in [0.25, 0.3) is 0 Å². The third-order valence-electron chi connectivity index (χ3n) is 3.84. The van der Waals surface area contributed by atoms with Gasteiger partial charge in [-0.15, -0.1) is 0 Å². The van der Waals surface area contributed by atoms with Crippen molar-refractivity contribution in [2.75, 3.05) is 6.61 Å². The van der Waals surface area contributed by atoms with E-state index in [1.807, 2.05) is 43.3 Å². The van der Waals surface area contributed by atoms with Crippen molar-refractivity contribution in [2.45, 2.75) is 38.6 Å². The van der Waals surface area contributed by atoms with Crippen LogP contribution in [0, 0.1) is 17.2 Å².